The van der Waals surface area contributed by atoms with Crippen LogP contribution in [0.3, 0.4) is 0 Å². The van der Waals surface area contributed by atoms with Gasteiger partial charge in [-0.05, 0) is 61.6 Å². The predicted molar refractivity (Wildman–Crippen MR) is 106 cm³/mol. The number of hydrogen-bond acceptors (Lipinski definition) is 3. The summed E-state index contributed by atoms with van der Waals surface area (Å²) in [5.41, 5.74) is 6.67. The van der Waals surface area contributed by atoms with Crippen LogP contribution < -0.4 is 5.43 Å². The minimum absolute atomic E-state index is 0.00472. The quantitative estimate of drug-likeness (QED) is 0.630. The lowest BCUT2D eigenvalue weighted by atomic mass is 9.81. The van der Waals surface area contributed by atoms with Gasteiger partial charge in [-0.25, -0.2) is 0 Å². The molecule has 0 aromatic heterocycles. The number of imide groups is 1. The molecule has 3 aliphatic rings. The fraction of sp³-hybridized carbons (Fsp3) is 0.522. The van der Waals surface area contributed by atoms with E-state index in [4.69, 9.17) is 0 Å². The third kappa shape index (κ3) is 2.71. The van der Waals surface area contributed by atoms with Gasteiger partial charge < -0.3 is 0 Å². The second-order valence-electron chi connectivity index (χ2n) is 9.58. The zero-order valence-electron chi connectivity index (χ0n) is 17.2. The molecule has 1 aromatic carbocycles. The third-order valence-corrected chi connectivity index (χ3v) is 6.66. The zero-order valence-corrected chi connectivity index (χ0v) is 17.2. The second-order valence-corrected chi connectivity index (χ2v) is 9.58. The number of amides is 3. The van der Waals surface area contributed by atoms with Crippen molar-refractivity contribution in [3.05, 3.63) is 46.5 Å². The molecule has 4 atom stereocenters. The van der Waals surface area contributed by atoms with E-state index >= 15 is 0 Å². The smallest absolute Gasteiger partial charge is 0.270 e. The third-order valence-electron chi connectivity index (χ3n) is 6.66. The van der Waals surface area contributed by atoms with Gasteiger partial charge in [0, 0.05) is 5.56 Å². The number of nitrogens with one attached hydrogen (secondary N) is 1. The number of rotatable bonds is 2. The summed E-state index contributed by atoms with van der Waals surface area (Å²) in [6.07, 6.45) is 1.92. The summed E-state index contributed by atoms with van der Waals surface area (Å²) in [6.45, 7) is 10.5. The Hall–Kier alpha value is -2.43. The number of hydrogen-bond donors (Lipinski definition) is 1. The summed E-state index contributed by atoms with van der Waals surface area (Å²) in [5, 5.41) is 0.989. The van der Waals surface area contributed by atoms with Crippen molar-refractivity contribution in [2.45, 2.75) is 52.9 Å². The van der Waals surface area contributed by atoms with Crippen LogP contribution in [0.25, 0.3) is 0 Å². The van der Waals surface area contributed by atoms with Crippen molar-refractivity contribution < 1.29 is 14.4 Å². The maximum Gasteiger partial charge on any atom is 0.270 e. The van der Waals surface area contributed by atoms with Crippen molar-refractivity contribution in [3.63, 3.8) is 0 Å². The summed E-state index contributed by atoms with van der Waals surface area (Å²) in [6, 6.07) is 7.32. The van der Waals surface area contributed by atoms with Gasteiger partial charge in [0.15, 0.2) is 0 Å². The first-order valence-electron chi connectivity index (χ1n) is 10.1. The largest absolute Gasteiger partial charge is 0.272 e. The molecule has 2 aliphatic carbocycles. The van der Waals surface area contributed by atoms with Gasteiger partial charge in [0.1, 0.15) is 0 Å². The lowest BCUT2D eigenvalue weighted by Crippen LogP contribution is -2.47. The van der Waals surface area contributed by atoms with E-state index in [-0.39, 0.29) is 40.9 Å². The molecule has 1 heterocycles. The first-order valence-corrected chi connectivity index (χ1v) is 10.1. The molecule has 1 saturated heterocycles. The first kappa shape index (κ1) is 18.9. The molecule has 4 rings (SSSR count). The molecule has 0 radical (unpaired) electrons. The van der Waals surface area contributed by atoms with Crippen molar-refractivity contribution in [3.8, 4) is 0 Å². The van der Waals surface area contributed by atoms with E-state index in [9.17, 15) is 14.4 Å². The van der Waals surface area contributed by atoms with Crippen LogP contribution in [0.2, 0.25) is 0 Å². The lowest BCUT2D eigenvalue weighted by Gasteiger charge is -2.21. The Labute approximate surface area is 166 Å². The van der Waals surface area contributed by atoms with Gasteiger partial charge in [0.25, 0.3) is 17.7 Å². The first-order chi connectivity index (χ1) is 13.1. The molecule has 2 bridgehead atoms. The maximum absolute atomic E-state index is 13.0. The molecular weight excluding hydrogens is 352 g/mol. The molecule has 0 unspecified atom stereocenters. The summed E-state index contributed by atoms with van der Waals surface area (Å²) in [4.78, 5) is 38.6. The molecule has 1 aromatic rings. The highest BCUT2D eigenvalue weighted by Crippen LogP contribution is 2.59. The minimum atomic E-state index is -0.420. The molecular formula is C23H28N2O3. The van der Waals surface area contributed by atoms with Crippen molar-refractivity contribution in [1.29, 1.82) is 0 Å². The van der Waals surface area contributed by atoms with Crippen LogP contribution in [0.15, 0.2) is 35.4 Å². The van der Waals surface area contributed by atoms with E-state index in [1.165, 1.54) is 11.1 Å². The molecule has 1 aliphatic heterocycles. The molecule has 2 saturated carbocycles. The minimum Gasteiger partial charge on any atom is -0.272 e. The van der Waals surface area contributed by atoms with Crippen LogP contribution in [0.4, 0.5) is 0 Å². The van der Waals surface area contributed by atoms with Crippen LogP contribution in [-0.2, 0) is 15.0 Å². The van der Waals surface area contributed by atoms with E-state index in [0.29, 0.717) is 5.56 Å². The van der Waals surface area contributed by atoms with Crippen molar-refractivity contribution in [1.82, 2.24) is 10.4 Å². The van der Waals surface area contributed by atoms with Gasteiger partial charge in [-0.2, -0.15) is 5.01 Å². The number of carbonyl (C=O) groups is 3. The molecule has 28 heavy (non-hydrogen) atoms. The normalized spacial score (nSPS) is 28.8. The Morgan fingerprint density at radius 2 is 1.46 bits per heavy atom. The van der Waals surface area contributed by atoms with Crippen molar-refractivity contribution in [2.75, 3.05) is 0 Å². The summed E-state index contributed by atoms with van der Waals surface area (Å²) < 4.78 is 0. The van der Waals surface area contributed by atoms with Crippen molar-refractivity contribution in [2.24, 2.45) is 23.7 Å². The second kappa shape index (κ2) is 6.29. The van der Waals surface area contributed by atoms with E-state index < -0.39 is 5.91 Å². The number of hydrazine groups is 1. The molecule has 0 spiro atoms. The fourth-order valence-electron chi connectivity index (χ4n) is 5.39. The lowest BCUT2D eigenvalue weighted by molar-refractivity contribution is -0.143. The van der Waals surface area contributed by atoms with Crippen LogP contribution in [-0.4, -0.2) is 22.7 Å². The standard InChI is InChI=1S/C23H28N2O3/c1-12(2)17-15-10-11-16(17)19-18(15)21(27)25(22(19)28)24-20(26)13-6-8-14(9-7-13)23(3,4)5/h6-9,15-16,18-19H,10-11H2,1-5H3,(H,24,26)/t15-,16+,18-,19-/m1/s1. The average Bonchev–Trinajstić information content (AvgIpc) is 3.27. The highest BCUT2D eigenvalue weighted by Gasteiger charge is 2.63. The van der Waals surface area contributed by atoms with Gasteiger partial charge in [-0.1, -0.05) is 44.1 Å². The van der Waals surface area contributed by atoms with E-state index in [1.54, 1.807) is 12.1 Å². The summed E-state index contributed by atoms with van der Waals surface area (Å²) in [5.74, 6) is -1.22. The summed E-state index contributed by atoms with van der Waals surface area (Å²) >= 11 is 0. The van der Waals surface area contributed by atoms with E-state index in [0.717, 1.165) is 23.4 Å². The number of carbonyl (C=O) groups excluding carboxylic acids is 3. The van der Waals surface area contributed by atoms with Crippen LogP contribution >= 0.6 is 0 Å². The summed E-state index contributed by atoms with van der Waals surface area (Å²) in [7, 11) is 0. The Morgan fingerprint density at radius 1 is 0.964 bits per heavy atom. The molecule has 5 nitrogen and oxygen atoms in total. The van der Waals surface area contributed by atoms with Crippen molar-refractivity contribution >= 4 is 17.7 Å². The van der Waals surface area contributed by atoms with E-state index in [2.05, 4.69) is 40.0 Å². The van der Waals surface area contributed by atoms with Gasteiger partial charge in [-0.3, -0.25) is 19.8 Å². The van der Waals surface area contributed by atoms with Crippen LogP contribution in [0, 0.1) is 23.7 Å². The van der Waals surface area contributed by atoms with Gasteiger partial charge in [0.2, 0.25) is 0 Å². The predicted octanol–water partition coefficient (Wildman–Crippen LogP) is 3.61. The Bertz CT molecular complexity index is 855. The number of fused-ring (bicyclic) bond motifs is 5. The zero-order chi connectivity index (χ0) is 20.4. The number of benzene rings is 1. The highest BCUT2D eigenvalue weighted by molar-refractivity contribution is 6.09. The topological polar surface area (TPSA) is 66.5 Å². The van der Waals surface area contributed by atoms with Gasteiger partial charge in [-0.15, -0.1) is 0 Å². The Kier molecular flexibility index (Phi) is 4.25. The highest BCUT2D eigenvalue weighted by atomic mass is 16.2. The van der Waals surface area contributed by atoms with Gasteiger partial charge >= 0.3 is 0 Å². The number of nitrogens with zero attached hydrogens (tertiary/aromatic N) is 1. The number of allylic oxidation sites excluding steroid dienone is 2. The van der Waals surface area contributed by atoms with Crippen LogP contribution in [0.1, 0.15) is 63.4 Å². The Balaban J connectivity index is 1.53. The van der Waals surface area contributed by atoms with E-state index in [1.807, 2.05) is 12.1 Å². The SMILES string of the molecule is CC(C)=C1[C@H]2CC[C@@H]1[C@H]1C(=O)N(NC(=O)c3ccc(C(C)(C)C)cc3)C(=O)[C@@H]12. The van der Waals surface area contributed by atoms with Crippen LogP contribution in [0.5, 0.6) is 0 Å². The monoisotopic (exact) mass is 380 g/mol. The Morgan fingerprint density at radius 3 is 1.89 bits per heavy atom. The van der Waals surface area contributed by atoms with Gasteiger partial charge in [0.05, 0.1) is 11.8 Å². The molecule has 148 valence electrons. The molecule has 3 fully saturated rings. The molecule has 1 N–H and O–H groups in total. The average molecular weight is 380 g/mol. The maximum atomic E-state index is 13.0. The molecule has 5 heteroatoms. The molecule has 3 amide bonds. The fourth-order valence-corrected chi connectivity index (χ4v) is 5.39.